The van der Waals surface area contributed by atoms with Gasteiger partial charge in [-0.2, -0.15) is 0 Å². The van der Waals surface area contributed by atoms with Crippen molar-refractivity contribution in [3.8, 4) is 0 Å². The van der Waals surface area contributed by atoms with E-state index >= 15 is 0 Å². The molecule has 0 spiro atoms. The maximum atomic E-state index is 13.4. The second-order valence-corrected chi connectivity index (χ2v) is 10.7. The lowest BCUT2D eigenvalue weighted by Crippen LogP contribution is -2.35. The van der Waals surface area contributed by atoms with E-state index in [0.717, 1.165) is 0 Å². The number of nitrogens with zero attached hydrogens (tertiary/aromatic N) is 4. The van der Waals surface area contributed by atoms with Gasteiger partial charge in [-0.25, -0.2) is 15.0 Å². The highest BCUT2D eigenvalue weighted by Crippen LogP contribution is 2.27. The van der Waals surface area contributed by atoms with Crippen LogP contribution in [0.15, 0.2) is 21.4 Å². The maximum absolute atomic E-state index is 13.4. The van der Waals surface area contributed by atoms with Crippen LogP contribution in [0.3, 0.4) is 0 Å². The van der Waals surface area contributed by atoms with Gasteiger partial charge >= 0.3 is 0 Å². The van der Waals surface area contributed by atoms with E-state index in [0.29, 0.717) is 11.5 Å². The molecule has 6 bridgehead atoms. The third kappa shape index (κ3) is 5.07. The zero-order valence-electron chi connectivity index (χ0n) is 22.9. The highest BCUT2D eigenvalue weighted by molar-refractivity contribution is 5.94. The Morgan fingerprint density at radius 1 is 0.711 bits per heavy atom. The zero-order valence-corrected chi connectivity index (χ0v) is 22.9. The minimum absolute atomic E-state index is 0.0484. The molecule has 12 heteroatoms. The number of nitrogens with one attached hydrogen (secondary N) is 3. The van der Waals surface area contributed by atoms with Gasteiger partial charge in [-0.15, -0.1) is 0 Å². The van der Waals surface area contributed by atoms with Gasteiger partial charge in [-0.3, -0.25) is 14.4 Å². The molecule has 0 unspecified atom stereocenters. The first-order valence-electron chi connectivity index (χ1n) is 12.8. The number of hydrogen-bond donors (Lipinski definition) is 3. The minimum atomic E-state index is -0.621. The first kappa shape index (κ1) is 27.1. The third-order valence-corrected chi connectivity index (χ3v) is 6.81. The molecule has 0 saturated heterocycles. The van der Waals surface area contributed by atoms with Crippen molar-refractivity contribution < 1.29 is 23.2 Å². The smallest absolute Gasteiger partial charge is 0.273 e. The van der Waals surface area contributed by atoms with Crippen LogP contribution in [0.25, 0.3) is 0 Å². The largest absolute Gasteiger partial charge is 0.446 e. The van der Waals surface area contributed by atoms with Gasteiger partial charge in [0.05, 0.1) is 6.04 Å². The number of aromatic nitrogens is 4. The Bertz CT molecular complexity index is 1350. The summed E-state index contributed by atoms with van der Waals surface area (Å²) < 4.78 is 13.1. The van der Waals surface area contributed by atoms with Crippen LogP contribution in [0, 0.1) is 24.7 Å². The molecule has 0 radical (unpaired) electrons. The van der Waals surface area contributed by atoms with Crippen LogP contribution in [-0.4, -0.2) is 37.2 Å². The number of carbonyl (C=O) groups is 3. The number of carbonyl (C=O) groups excluding carboxylic acids is 3. The lowest BCUT2D eigenvalue weighted by atomic mass is 10.0. The van der Waals surface area contributed by atoms with Crippen molar-refractivity contribution in [3.63, 3.8) is 0 Å². The fraction of sp³-hybridized carbons (Fsp3) is 0.538. The highest BCUT2D eigenvalue weighted by Gasteiger charge is 2.32. The van der Waals surface area contributed by atoms with Gasteiger partial charge in [-0.1, -0.05) is 41.5 Å². The molecule has 204 valence electrons. The highest BCUT2D eigenvalue weighted by atomic mass is 16.3. The lowest BCUT2D eigenvalue weighted by Gasteiger charge is -2.22. The number of rotatable bonds is 3. The van der Waals surface area contributed by atoms with Crippen LogP contribution in [0.4, 0.5) is 0 Å². The normalized spacial score (nSPS) is 20.8. The van der Waals surface area contributed by atoms with E-state index < -0.39 is 35.8 Å². The van der Waals surface area contributed by atoms with Gasteiger partial charge in [0.2, 0.25) is 11.8 Å². The molecule has 3 N–H and O–H groups in total. The summed E-state index contributed by atoms with van der Waals surface area (Å²) in [6.07, 6.45) is 2.52. The molecule has 0 aliphatic carbocycles. The van der Waals surface area contributed by atoms with Gasteiger partial charge < -0.3 is 29.4 Å². The molecule has 4 heterocycles. The number of imidazole rings is 1. The van der Waals surface area contributed by atoms with E-state index in [9.17, 15) is 14.4 Å². The van der Waals surface area contributed by atoms with Crippen molar-refractivity contribution in [2.75, 3.05) is 0 Å². The third-order valence-electron chi connectivity index (χ3n) is 6.81. The summed E-state index contributed by atoms with van der Waals surface area (Å²) in [5, 5.41) is 8.81. The molecule has 0 aromatic carbocycles. The van der Waals surface area contributed by atoms with E-state index in [-0.39, 0.29) is 46.6 Å². The predicted molar refractivity (Wildman–Crippen MR) is 136 cm³/mol. The fourth-order valence-electron chi connectivity index (χ4n) is 4.36. The number of oxazole rings is 2. The average Bonchev–Trinajstić information content (AvgIpc) is 3.59. The summed E-state index contributed by atoms with van der Waals surface area (Å²) in [4.78, 5) is 53.1. The zero-order chi connectivity index (χ0) is 27.9. The van der Waals surface area contributed by atoms with Crippen molar-refractivity contribution in [3.05, 3.63) is 52.9 Å². The van der Waals surface area contributed by atoms with Gasteiger partial charge in [0.25, 0.3) is 17.7 Å². The first-order valence-corrected chi connectivity index (χ1v) is 12.8. The molecule has 4 rings (SSSR count). The topological polar surface area (TPSA) is 157 Å². The number of fused-ring (bicyclic) bond motifs is 6. The molecule has 0 fully saturated rings. The molecule has 3 aromatic heterocycles. The van der Waals surface area contributed by atoms with Crippen molar-refractivity contribution in [2.45, 2.75) is 66.6 Å². The first-order chi connectivity index (χ1) is 17.9. The molecule has 3 aromatic rings. The Labute approximate surface area is 221 Å². The molecule has 0 saturated carbocycles. The SMILES string of the molecule is Cc1c2nc(n1C)[C@H](C(C)C)NC(=O)c1coc(n1)[C@H](C(C)C)NC(=O)c1coc(n1)[C@H](C(C)C)NC2=O. The Hall–Kier alpha value is -3.96. The number of amides is 3. The monoisotopic (exact) mass is 525 g/mol. The number of hydrogen-bond acceptors (Lipinski definition) is 8. The van der Waals surface area contributed by atoms with Gasteiger partial charge in [0.15, 0.2) is 11.4 Å². The van der Waals surface area contributed by atoms with E-state index in [4.69, 9.17) is 8.83 Å². The van der Waals surface area contributed by atoms with E-state index in [1.165, 1.54) is 12.5 Å². The van der Waals surface area contributed by atoms with Crippen LogP contribution in [0.2, 0.25) is 0 Å². The lowest BCUT2D eigenvalue weighted by molar-refractivity contribution is 0.0906. The van der Waals surface area contributed by atoms with Crippen LogP contribution in [0.1, 0.15) is 114 Å². The van der Waals surface area contributed by atoms with E-state index in [1.807, 2.05) is 41.5 Å². The molecule has 38 heavy (non-hydrogen) atoms. The summed E-state index contributed by atoms with van der Waals surface area (Å²) >= 11 is 0. The van der Waals surface area contributed by atoms with Gasteiger partial charge in [0, 0.05) is 12.7 Å². The predicted octanol–water partition coefficient (Wildman–Crippen LogP) is 3.40. The van der Waals surface area contributed by atoms with Gasteiger partial charge in [-0.05, 0) is 24.7 Å². The van der Waals surface area contributed by atoms with Crippen LogP contribution in [-0.2, 0) is 7.05 Å². The van der Waals surface area contributed by atoms with Crippen LogP contribution < -0.4 is 16.0 Å². The summed E-state index contributed by atoms with van der Waals surface area (Å²) in [7, 11) is 1.80. The second-order valence-electron chi connectivity index (χ2n) is 10.7. The Morgan fingerprint density at radius 3 is 1.58 bits per heavy atom. The summed E-state index contributed by atoms with van der Waals surface area (Å²) in [6, 6.07) is -1.74. The average molecular weight is 526 g/mol. The molecule has 12 nitrogen and oxygen atoms in total. The quantitative estimate of drug-likeness (QED) is 0.469. The summed E-state index contributed by atoms with van der Waals surface area (Å²) in [6.45, 7) is 13.3. The maximum Gasteiger partial charge on any atom is 0.273 e. The Morgan fingerprint density at radius 2 is 1.13 bits per heavy atom. The fourth-order valence-corrected chi connectivity index (χ4v) is 4.36. The Kier molecular flexibility index (Phi) is 7.43. The molecular weight excluding hydrogens is 490 g/mol. The van der Waals surface area contributed by atoms with Crippen molar-refractivity contribution in [1.82, 2.24) is 35.5 Å². The van der Waals surface area contributed by atoms with E-state index in [2.05, 4.69) is 30.9 Å². The summed E-state index contributed by atoms with van der Waals surface area (Å²) in [5.41, 5.74) is 0.974. The van der Waals surface area contributed by atoms with Gasteiger partial charge in [0.1, 0.15) is 36.1 Å². The van der Waals surface area contributed by atoms with E-state index in [1.54, 1.807) is 18.5 Å². The molecular formula is C26H35N7O5. The van der Waals surface area contributed by atoms with Crippen molar-refractivity contribution in [1.29, 1.82) is 0 Å². The minimum Gasteiger partial charge on any atom is -0.446 e. The molecule has 3 amide bonds. The standard InChI is InChI=1S/C26H35N7O5/c1-11(2)17-21-29-20(14(7)33(21)8)24(36)32-19(13(5)6)26-28-16(10-38-26)23(35)31-18(12(3)4)25-27-15(9-37-25)22(34)30-17/h9-13,17-19H,1-8H3,(H,30,34)(H,31,35)(H,32,36)/t17-,18-,19-/m0/s1. The molecule has 1 aliphatic rings. The molecule has 3 atom stereocenters. The van der Waals surface area contributed by atoms with Crippen molar-refractivity contribution in [2.24, 2.45) is 24.8 Å². The second kappa shape index (κ2) is 10.4. The van der Waals surface area contributed by atoms with Crippen LogP contribution >= 0.6 is 0 Å². The molecule has 1 aliphatic heterocycles. The summed E-state index contributed by atoms with van der Waals surface area (Å²) in [5.74, 6) is -0.679. The Balaban J connectivity index is 1.84. The van der Waals surface area contributed by atoms with Crippen LogP contribution in [0.5, 0.6) is 0 Å². The van der Waals surface area contributed by atoms with Crippen molar-refractivity contribution >= 4 is 17.7 Å².